The first kappa shape index (κ1) is 21.0. The molecule has 8 heteroatoms. The molecular weight excluding hydrogens is 387 g/mol. The summed E-state index contributed by atoms with van der Waals surface area (Å²) in [4.78, 5) is 23.5. The Balaban J connectivity index is 2.16. The van der Waals surface area contributed by atoms with Crippen LogP contribution in [0.4, 0.5) is 0 Å². The average Bonchev–Trinajstić information content (AvgIpc) is 2.89. The monoisotopic (exact) mass is 408 g/mol. The van der Waals surface area contributed by atoms with E-state index in [2.05, 4.69) is 15.8 Å². The van der Waals surface area contributed by atoms with Gasteiger partial charge >= 0.3 is 11.8 Å². The normalized spacial score (nSPS) is 12.2. The molecule has 1 heterocycles. The summed E-state index contributed by atoms with van der Waals surface area (Å²) in [6.07, 6.45) is 2.23. The zero-order valence-electron chi connectivity index (χ0n) is 15.6. The minimum atomic E-state index is -0.805. The van der Waals surface area contributed by atoms with Gasteiger partial charge in [-0.1, -0.05) is 30.1 Å². The molecule has 0 saturated carbocycles. The minimum Gasteiger partial charge on any atom is -0.345 e. The van der Waals surface area contributed by atoms with Crippen molar-refractivity contribution >= 4 is 41.2 Å². The summed E-state index contributed by atoms with van der Waals surface area (Å²) < 4.78 is 1.97. The van der Waals surface area contributed by atoms with Crippen LogP contribution in [0.15, 0.2) is 29.4 Å². The molecule has 0 saturated heterocycles. The molecule has 2 rings (SSSR count). The molecule has 6 nitrogen and oxygen atoms in total. The Bertz CT molecular complexity index is 890. The second kappa shape index (κ2) is 9.06. The van der Waals surface area contributed by atoms with E-state index in [0.29, 0.717) is 10.0 Å². The molecule has 27 heavy (non-hydrogen) atoms. The van der Waals surface area contributed by atoms with Gasteiger partial charge in [0.15, 0.2) is 0 Å². The number of nitrogens with one attached hydrogen (secondary N) is 2. The third-order valence-corrected chi connectivity index (χ3v) is 4.72. The highest BCUT2D eigenvalue weighted by Gasteiger charge is 2.15. The molecule has 0 bridgehead atoms. The van der Waals surface area contributed by atoms with Crippen molar-refractivity contribution in [3.05, 3.63) is 51.3 Å². The molecule has 1 aromatic carbocycles. The van der Waals surface area contributed by atoms with Crippen LogP contribution in [-0.2, 0) is 9.59 Å². The summed E-state index contributed by atoms with van der Waals surface area (Å²) >= 11 is 12.3. The number of benzene rings is 1. The Labute approximate surface area is 168 Å². The lowest BCUT2D eigenvalue weighted by atomic mass is 10.2. The number of amides is 2. The minimum absolute atomic E-state index is 0.0738. The molecule has 0 radical (unpaired) electrons. The first-order valence-electron chi connectivity index (χ1n) is 8.52. The fourth-order valence-corrected chi connectivity index (χ4v) is 3.05. The summed E-state index contributed by atoms with van der Waals surface area (Å²) in [5.74, 6) is -1.51. The Kier molecular flexibility index (Phi) is 7.05. The number of hydrazone groups is 1. The van der Waals surface area contributed by atoms with Crippen LogP contribution in [0, 0.1) is 13.8 Å². The Hall–Kier alpha value is -2.31. The smallest absolute Gasteiger partial charge is 0.329 e. The molecule has 0 spiro atoms. The van der Waals surface area contributed by atoms with Gasteiger partial charge in [-0.05, 0) is 51.5 Å². The van der Waals surface area contributed by atoms with Gasteiger partial charge < -0.3 is 9.88 Å². The number of halogens is 2. The first-order valence-corrected chi connectivity index (χ1v) is 9.28. The van der Waals surface area contributed by atoms with E-state index in [-0.39, 0.29) is 6.04 Å². The van der Waals surface area contributed by atoms with Gasteiger partial charge in [-0.15, -0.1) is 0 Å². The third kappa shape index (κ3) is 5.11. The lowest BCUT2D eigenvalue weighted by molar-refractivity contribution is -0.139. The molecule has 2 amide bonds. The molecule has 1 atom stereocenters. The molecule has 2 N–H and O–H groups in total. The van der Waals surface area contributed by atoms with Crippen LogP contribution in [-0.4, -0.2) is 28.6 Å². The second-order valence-electron chi connectivity index (χ2n) is 6.24. The molecule has 0 aliphatic heterocycles. The lowest BCUT2D eigenvalue weighted by Gasteiger charge is -2.11. The van der Waals surface area contributed by atoms with Crippen molar-refractivity contribution in [3.8, 4) is 5.69 Å². The molecule has 0 unspecified atom stereocenters. The maximum atomic E-state index is 11.8. The van der Waals surface area contributed by atoms with Crippen molar-refractivity contribution in [1.29, 1.82) is 0 Å². The van der Waals surface area contributed by atoms with Gasteiger partial charge in [0, 0.05) is 28.0 Å². The Morgan fingerprint density at radius 3 is 2.56 bits per heavy atom. The summed E-state index contributed by atoms with van der Waals surface area (Å²) in [6.45, 7) is 7.60. The summed E-state index contributed by atoms with van der Waals surface area (Å²) in [7, 11) is 0. The highest BCUT2D eigenvalue weighted by atomic mass is 35.5. The number of rotatable bonds is 5. The zero-order chi connectivity index (χ0) is 20.1. The van der Waals surface area contributed by atoms with E-state index in [1.807, 2.05) is 44.4 Å². The van der Waals surface area contributed by atoms with Gasteiger partial charge in [-0.2, -0.15) is 5.10 Å². The van der Waals surface area contributed by atoms with Gasteiger partial charge in [-0.3, -0.25) is 9.59 Å². The van der Waals surface area contributed by atoms with E-state index >= 15 is 0 Å². The molecule has 144 valence electrons. The van der Waals surface area contributed by atoms with E-state index < -0.39 is 11.8 Å². The van der Waals surface area contributed by atoms with Crippen molar-refractivity contribution < 1.29 is 9.59 Å². The largest absolute Gasteiger partial charge is 0.345 e. The van der Waals surface area contributed by atoms with E-state index in [1.54, 1.807) is 12.1 Å². The van der Waals surface area contributed by atoms with E-state index in [0.717, 1.165) is 29.1 Å². The topological polar surface area (TPSA) is 75.5 Å². The molecule has 0 fully saturated rings. The maximum Gasteiger partial charge on any atom is 0.329 e. The van der Waals surface area contributed by atoms with Crippen LogP contribution in [0.2, 0.25) is 10.0 Å². The molecule has 0 aliphatic rings. The van der Waals surface area contributed by atoms with Crippen LogP contribution < -0.4 is 10.7 Å². The van der Waals surface area contributed by atoms with Crippen LogP contribution in [0.5, 0.6) is 0 Å². The fraction of sp³-hybridized carbons (Fsp3) is 0.316. The molecule has 0 aliphatic carbocycles. The number of hydrogen-bond donors (Lipinski definition) is 2. The van der Waals surface area contributed by atoms with Crippen LogP contribution in [0.25, 0.3) is 5.69 Å². The van der Waals surface area contributed by atoms with Crippen molar-refractivity contribution in [2.24, 2.45) is 5.10 Å². The van der Waals surface area contributed by atoms with Crippen molar-refractivity contribution in [3.63, 3.8) is 0 Å². The number of aryl methyl sites for hydroxylation is 1. The first-order chi connectivity index (χ1) is 12.7. The predicted octanol–water partition coefficient (Wildman–Crippen LogP) is 3.77. The van der Waals surface area contributed by atoms with Crippen LogP contribution in [0.3, 0.4) is 0 Å². The predicted molar refractivity (Wildman–Crippen MR) is 109 cm³/mol. The number of hydrogen-bond acceptors (Lipinski definition) is 3. The van der Waals surface area contributed by atoms with Gasteiger partial charge in [0.25, 0.3) is 0 Å². The number of aromatic nitrogens is 1. The highest BCUT2D eigenvalue weighted by molar-refractivity contribution is 6.36. The molecular formula is C19H22Cl2N4O2. The molecule has 2 aromatic rings. The molecule has 1 aromatic heterocycles. The third-order valence-electron chi connectivity index (χ3n) is 4.19. The lowest BCUT2D eigenvalue weighted by Crippen LogP contribution is -2.41. The fourth-order valence-electron chi connectivity index (χ4n) is 2.55. The van der Waals surface area contributed by atoms with Gasteiger partial charge in [0.2, 0.25) is 0 Å². The van der Waals surface area contributed by atoms with E-state index in [1.165, 1.54) is 6.21 Å². The Morgan fingerprint density at radius 2 is 1.93 bits per heavy atom. The van der Waals surface area contributed by atoms with Crippen molar-refractivity contribution in [2.45, 2.75) is 40.2 Å². The standard InChI is InChI=1S/C19H22Cl2N4O2/c1-5-11(2)23-18(26)19(27)24-22-10-14-8-12(3)25(13(14)4)17-7-6-15(20)9-16(17)21/h6-11H,5H2,1-4H3,(H,23,26)(H,24,27)/b22-10-/t11-/m1/s1. The Morgan fingerprint density at radius 1 is 1.22 bits per heavy atom. The van der Waals surface area contributed by atoms with Crippen LogP contribution in [0.1, 0.15) is 37.2 Å². The quantitative estimate of drug-likeness (QED) is 0.448. The SMILES string of the molecule is CC[C@@H](C)NC(=O)C(=O)N/N=C\c1cc(C)n(-c2ccc(Cl)cc2Cl)c1C. The summed E-state index contributed by atoms with van der Waals surface area (Å²) in [5.41, 5.74) is 5.66. The number of carbonyl (C=O) groups excluding carboxylic acids is 2. The van der Waals surface area contributed by atoms with Crippen molar-refractivity contribution in [2.75, 3.05) is 0 Å². The summed E-state index contributed by atoms with van der Waals surface area (Å²) in [6, 6.07) is 7.13. The average molecular weight is 409 g/mol. The van der Waals surface area contributed by atoms with Crippen LogP contribution >= 0.6 is 23.2 Å². The van der Waals surface area contributed by atoms with Gasteiger partial charge in [0.1, 0.15) is 0 Å². The second-order valence-corrected chi connectivity index (χ2v) is 7.08. The maximum absolute atomic E-state index is 11.8. The van der Waals surface area contributed by atoms with Gasteiger partial charge in [0.05, 0.1) is 16.9 Å². The van der Waals surface area contributed by atoms with Gasteiger partial charge in [-0.25, -0.2) is 5.43 Å². The van der Waals surface area contributed by atoms with Crippen molar-refractivity contribution in [1.82, 2.24) is 15.3 Å². The van der Waals surface area contributed by atoms with E-state index in [4.69, 9.17) is 23.2 Å². The number of carbonyl (C=O) groups is 2. The van der Waals surface area contributed by atoms with E-state index in [9.17, 15) is 9.59 Å². The highest BCUT2D eigenvalue weighted by Crippen LogP contribution is 2.28. The number of nitrogens with zero attached hydrogens (tertiary/aromatic N) is 2. The zero-order valence-corrected chi connectivity index (χ0v) is 17.1. The summed E-state index contributed by atoms with van der Waals surface area (Å²) in [5, 5.41) is 7.56.